The Morgan fingerprint density at radius 1 is 1.21 bits per heavy atom. The number of hydrogen-bond acceptors (Lipinski definition) is 3. The molecular weight excluding hydrogens is 199 g/mol. The molecule has 4 nitrogen and oxygen atoms in total. The summed E-state index contributed by atoms with van der Waals surface area (Å²) >= 11 is 0. The number of alkyl halides is 3. The molecule has 1 aliphatic carbocycles. The number of rotatable bonds is 2. The largest absolute Gasteiger partial charge is 0.522 e. The van der Waals surface area contributed by atoms with E-state index in [1.54, 1.807) is 0 Å². The Balaban J connectivity index is 1.80. The van der Waals surface area contributed by atoms with Crippen LogP contribution in [0.3, 0.4) is 0 Å². The number of halogens is 3. The van der Waals surface area contributed by atoms with Crippen molar-refractivity contribution in [2.45, 2.75) is 31.3 Å². The molecule has 2 rings (SSSR count). The first-order valence-corrected chi connectivity index (χ1v) is 4.15. The van der Waals surface area contributed by atoms with Gasteiger partial charge < -0.3 is 0 Å². The second-order valence-corrected chi connectivity index (χ2v) is 3.16. The molecule has 0 amide bonds. The maximum atomic E-state index is 11.7. The zero-order valence-electron chi connectivity index (χ0n) is 7.11. The van der Waals surface area contributed by atoms with Crippen molar-refractivity contribution in [2.24, 2.45) is 0 Å². The number of nitrogens with zero attached hydrogens (tertiary/aromatic N) is 3. The van der Waals surface area contributed by atoms with Crippen LogP contribution in [0.25, 0.3) is 0 Å². The second kappa shape index (κ2) is 3.23. The molecule has 1 aromatic heterocycles. The standard InChI is InChI=1S/C7H8F3N3O/c8-7(9,10)14-6-3-5(4-6)13-11-1-2-12-13/h1-2,5-6H,3-4H2. The van der Waals surface area contributed by atoms with Crippen LogP contribution in [0, 0.1) is 0 Å². The summed E-state index contributed by atoms with van der Waals surface area (Å²) in [4.78, 5) is 1.41. The molecule has 0 spiro atoms. The summed E-state index contributed by atoms with van der Waals surface area (Å²) in [6.45, 7) is 0. The minimum atomic E-state index is -4.53. The number of ether oxygens (including phenoxy) is 1. The Bertz CT molecular complexity index is 292. The molecule has 78 valence electrons. The van der Waals surface area contributed by atoms with Crippen molar-refractivity contribution in [3.63, 3.8) is 0 Å². The van der Waals surface area contributed by atoms with E-state index in [1.807, 2.05) is 0 Å². The van der Waals surface area contributed by atoms with E-state index in [0.29, 0.717) is 12.8 Å². The van der Waals surface area contributed by atoms with E-state index < -0.39 is 12.5 Å². The SMILES string of the molecule is FC(F)(F)OC1CC(n2nccn2)C1. The van der Waals surface area contributed by atoms with E-state index in [9.17, 15) is 13.2 Å². The fraction of sp³-hybridized carbons (Fsp3) is 0.714. The topological polar surface area (TPSA) is 39.9 Å². The highest BCUT2D eigenvalue weighted by Gasteiger charge is 2.41. The van der Waals surface area contributed by atoms with E-state index in [0.717, 1.165) is 0 Å². The third kappa shape index (κ3) is 2.03. The highest BCUT2D eigenvalue weighted by molar-refractivity contribution is 4.83. The molecule has 0 aromatic carbocycles. The molecule has 14 heavy (non-hydrogen) atoms. The van der Waals surface area contributed by atoms with Crippen LogP contribution in [0.2, 0.25) is 0 Å². The Kier molecular flexibility index (Phi) is 2.18. The summed E-state index contributed by atoms with van der Waals surface area (Å²) in [5.41, 5.74) is 0. The van der Waals surface area contributed by atoms with E-state index in [-0.39, 0.29) is 6.04 Å². The van der Waals surface area contributed by atoms with Crippen molar-refractivity contribution in [3.8, 4) is 0 Å². The van der Waals surface area contributed by atoms with Gasteiger partial charge in [-0.15, -0.1) is 13.2 Å². The molecule has 0 saturated heterocycles. The predicted molar refractivity (Wildman–Crippen MR) is 39.2 cm³/mol. The second-order valence-electron chi connectivity index (χ2n) is 3.16. The van der Waals surface area contributed by atoms with Gasteiger partial charge >= 0.3 is 6.36 Å². The molecule has 0 unspecified atom stereocenters. The minimum absolute atomic E-state index is 0.0580. The van der Waals surface area contributed by atoms with Gasteiger partial charge in [0.15, 0.2) is 0 Å². The molecule has 1 fully saturated rings. The summed E-state index contributed by atoms with van der Waals surface area (Å²) < 4.78 is 39.0. The van der Waals surface area contributed by atoms with Gasteiger partial charge in [-0.25, -0.2) is 0 Å². The lowest BCUT2D eigenvalue weighted by atomic mass is 9.90. The van der Waals surface area contributed by atoms with Crippen LogP contribution < -0.4 is 0 Å². The zero-order valence-corrected chi connectivity index (χ0v) is 7.11. The van der Waals surface area contributed by atoms with Gasteiger partial charge in [0.05, 0.1) is 24.5 Å². The van der Waals surface area contributed by atoms with Crippen LogP contribution in [0.4, 0.5) is 13.2 Å². The number of hydrogen-bond donors (Lipinski definition) is 0. The fourth-order valence-electron chi connectivity index (χ4n) is 1.43. The Morgan fingerprint density at radius 2 is 1.79 bits per heavy atom. The van der Waals surface area contributed by atoms with Crippen molar-refractivity contribution in [1.82, 2.24) is 15.0 Å². The van der Waals surface area contributed by atoms with E-state index in [4.69, 9.17) is 0 Å². The maximum Gasteiger partial charge on any atom is 0.522 e. The first kappa shape index (κ1) is 9.45. The summed E-state index contributed by atoms with van der Waals surface area (Å²) in [6.07, 6.45) is -1.66. The molecular formula is C7H8F3N3O. The number of aromatic nitrogens is 3. The minimum Gasteiger partial charge on any atom is -0.288 e. The van der Waals surface area contributed by atoms with Crippen LogP contribution in [0.5, 0.6) is 0 Å². The van der Waals surface area contributed by atoms with Crippen molar-refractivity contribution >= 4 is 0 Å². The van der Waals surface area contributed by atoms with Crippen molar-refractivity contribution < 1.29 is 17.9 Å². The lowest BCUT2D eigenvalue weighted by Crippen LogP contribution is -2.37. The highest BCUT2D eigenvalue weighted by Crippen LogP contribution is 2.36. The van der Waals surface area contributed by atoms with Gasteiger partial charge in [-0.1, -0.05) is 0 Å². The molecule has 0 radical (unpaired) electrons. The molecule has 1 aromatic rings. The molecule has 7 heteroatoms. The van der Waals surface area contributed by atoms with Gasteiger partial charge in [-0.2, -0.15) is 15.0 Å². The summed E-state index contributed by atoms with van der Waals surface area (Å²) in [5, 5.41) is 7.68. The van der Waals surface area contributed by atoms with Crippen LogP contribution in [-0.4, -0.2) is 27.5 Å². The summed E-state index contributed by atoms with van der Waals surface area (Å²) in [5.74, 6) is 0. The Morgan fingerprint density at radius 3 is 2.29 bits per heavy atom. The molecule has 1 saturated carbocycles. The van der Waals surface area contributed by atoms with Crippen LogP contribution >= 0.6 is 0 Å². The third-order valence-corrected chi connectivity index (χ3v) is 2.13. The highest BCUT2D eigenvalue weighted by atomic mass is 19.4. The van der Waals surface area contributed by atoms with Crippen molar-refractivity contribution in [1.29, 1.82) is 0 Å². The maximum absolute atomic E-state index is 11.7. The van der Waals surface area contributed by atoms with Gasteiger partial charge in [0.2, 0.25) is 0 Å². The molecule has 0 aliphatic heterocycles. The third-order valence-electron chi connectivity index (χ3n) is 2.13. The molecule has 0 bridgehead atoms. The van der Waals surface area contributed by atoms with Crippen LogP contribution in [0.15, 0.2) is 12.4 Å². The average Bonchev–Trinajstić information content (AvgIpc) is 2.45. The van der Waals surface area contributed by atoms with Gasteiger partial charge in [0.25, 0.3) is 0 Å². The Labute approximate surface area is 77.7 Å². The van der Waals surface area contributed by atoms with Gasteiger partial charge in [0.1, 0.15) is 0 Å². The smallest absolute Gasteiger partial charge is 0.288 e. The van der Waals surface area contributed by atoms with E-state index in [1.165, 1.54) is 17.2 Å². The van der Waals surface area contributed by atoms with Gasteiger partial charge in [-0.05, 0) is 12.8 Å². The van der Waals surface area contributed by atoms with Gasteiger partial charge in [-0.3, -0.25) is 4.74 Å². The van der Waals surface area contributed by atoms with Crippen LogP contribution in [0.1, 0.15) is 18.9 Å². The van der Waals surface area contributed by atoms with E-state index >= 15 is 0 Å². The molecule has 1 heterocycles. The molecule has 0 N–H and O–H groups in total. The fourth-order valence-corrected chi connectivity index (χ4v) is 1.43. The quantitative estimate of drug-likeness (QED) is 0.738. The monoisotopic (exact) mass is 207 g/mol. The summed E-state index contributed by atoms with van der Waals surface area (Å²) in [7, 11) is 0. The summed E-state index contributed by atoms with van der Waals surface area (Å²) in [6, 6.07) is -0.0580. The van der Waals surface area contributed by atoms with Crippen molar-refractivity contribution in [3.05, 3.63) is 12.4 Å². The predicted octanol–water partition coefficient (Wildman–Crippen LogP) is 1.52. The lowest BCUT2D eigenvalue weighted by molar-refractivity contribution is -0.353. The lowest BCUT2D eigenvalue weighted by Gasteiger charge is -2.34. The first-order valence-electron chi connectivity index (χ1n) is 4.15. The average molecular weight is 207 g/mol. The zero-order chi connectivity index (χ0) is 10.2. The van der Waals surface area contributed by atoms with E-state index in [2.05, 4.69) is 14.9 Å². The normalized spacial score (nSPS) is 27.4. The van der Waals surface area contributed by atoms with Crippen LogP contribution in [-0.2, 0) is 4.74 Å². The molecule has 0 atom stereocenters. The first-order chi connectivity index (χ1) is 6.54. The van der Waals surface area contributed by atoms with Crippen molar-refractivity contribution in [2.75, 3.05) is 0 Å². The van der Waals surface area contributed by atoms with Gasteiger partial charge in [0, 0.05) is 0 Å². The molecule has 1 aliphatic rings. The Hall–Kier alpha value is -1.11.